The Labute approximate surface area is 110 Å². The normalized spacial score (nSPS) is 19.2. The summed E-state index contributed by atoms with van der Waals surface area (Å²) < 4.78 is 5.33. The average molecular weight is 249 g/mol. The molecule has 1 fully saturated rings. The molecule has 0 aliphatic carbocycles. The number of Topliss-reactive ketones (excluding diaryl/α,β-unsaturated/α-hetero) is 1. The molecule has 18 heavy (non-hydrogen) atoms. The van der Waals surface area contributed by atoms with Crippen LogP contribution in [0.4, 0.5) is 0 Å². The quantitative estimate of drug-likeness (QED) is 0.553. The van der Waals surface area contributed by atoms with Crippen molar-refractivity contribution in [2.45, 2.75) is 26.3 Å². The second-order valence-electron chi connectivity index (χ2n) is 4.85. The minimum Gasteiger partial charge on any atom is -0.379 e. The van der Waals surface area contributed by atoms with Gasteiger partial charge in [0.1, 0.15) is 0 Å². The van der Waals surface area contributed by atoms with Crippen LogP contribution in [0, 0.1) is 0 Å². The first-order chi connectivity index (χ1) is 8.54. The number of carbonyl (C=O) groups is 1. The Morgan fingerprint density at radius 2 is 1.94 bits per heavy atom. The lowest BCUT2D eigenvalue weighted by Gasteiger charge is -2.39. The van der Waals surface area contributed by atoms with E-state index in [-0.39, 0.29) is 5.78 Å². The van der Waals surface area contributed by atoms with Crippen LogP contribution < -0.4 is 0 Å². The Morgan fingerprint density at radius 3 is 2.44 bits per heavy atom. The number of rotatable bonds is 5. The Kier molecular flexibility index (Phi) is 5.51. The van der Waals surface area contributed by atoms with E-state index in [0.717, 1.165) is 13.1 Å². The topological polar surface area (TPSA) is 29.5 Å². The van der Waals surface area contributed by atoms with Gasteiger partial charge < -0.3 is 4.74 Å². The van der Waals surface area contributed by atoms with E-state index in [4.69, 9.17) is 4.74 Å². The molecule has 1 rings (SSSR count). The molecule has 0 radical (unpaired) electrons. The van der Waals surface area contributed by atoms with Gasteiger partial charge in [0.05, 0.1) is 18.8 Å². The fourth-order valence-corrected chi connectivity index (χ4v) is 2.13. The van der Waals surface area contributed by atoms with Crippen LogP contribution in [0.2, 0.25) is 0 Å². The minimum atomic E-state index is -0.502. The van der Waals surface area contributed by atoms with Crippen molar-refractivity contribution in [3.63, 3.8) is 0 Å². The molecule has 0 aromatic carbocycles. The van der Waals surface area contributed by atoms with Gasteiger partial charge >= 0.3 is 0 Å². The molecule has 0 N–H and O–H groups in total. The molecule has 0 aromatic heterocycles. The van der Waals surface area contributed by atoms with Crippen molar-refractivity contribution in [1.29, 1.82) is 0 Å². The number of hydrogen-bond acceptors (Lipinski definition) is 3. The summed E-state index contributed by atoms with van der Waals surface area (Å²) in [6.07, 6.45) is 7.14. The molecule has 0 saturated carbocycles. The van der Waals surface area contributed by atoms with Gasteiger partial charge in [-0.3, -0.25) is 9.69 Å². The van der Waals surface area contributed by atoms with Crippen LogP contribution >= 0.6 is 0 Å². The largest absolute Gasteiger partial charge is 0.379 e. The second kappa shape index (κ2) is 6.66. The standard InChI is InChI=1S/C15H23NO2/c1-5-7-13(8-6-2)14(17)15(3,4)16-9-11-18-12-10-16/h5-8H,1,9-12H2,2-4H3/b8-6-,13-7+. The van der Waals surface area contributed by atoms with Crippen LogP contribution in [0.25, 0.3) is 0 Å². The van der Waals surface area contributed by atoms with Crippen LogP contribution in [-0.2, 0) is 9.53 Å². The first kappa shape index (κ1) is 14.9. The van der Waals surface area contributed by atoms with Gasteiger partial charge in [0, 0.05) is 18.7 Å². The number of ketones is 1. The third kappa shape index (κ3) is 3.40. The highest BCUT2D eigenvalue weighted by Crippen LogP contribution is 2.21. The van der Waals surface area contributed by atoms with Crippen molar-refractivity contribution in [2.75, 3.05) is 26.3 Å². The highest BCUT2D eigenvalue weighted by molar-refractivity contribution is 6.04. The lowest BCUT2D eigenvalue weighted by molar-refractivity contribution is -0.128. The average Bonchev–Trinajstić information content (AvgIpc) is 2.38. The van der Waals surface area contributed by atoms with Gasteiger partial charge in [-0.25, -0.2) is 0 Å². The fraction of sp³-hybridized carbons (Fsp3) is 0.533. The zero-order valence-electron chi connectivity index (χ0n) is 11.6. The lowest BCUT2D eigenvalue weighted by Crippen LogP contribution is -2.54. The number of allylic oxidation sites excluding steroid dienone is 4. The Morgan fingerprint density at radius 1 is 1.33 bits per heavy atom. The molecule has 0 unspecified atom stereocenters. The van der Waals surface area contributed by atoms with Crippen molar-refractivity contribution < 1.29 is 9.53 Å². The summed E-state index contributed by atoms with van der Waals surface area (Å²) in [5.41, 5.74) is 0.196. The Balaban J connectivity index is 2.91. The molecule has 3 nitrogen and oxygen atoms in total. The number of hydrogen-bond donors (Lipinski definition) is 0. The number of morpholine rings is 1. The summed E-state index contributed by atoms with van der Waals surface area (Å²) in [7, 11) is 0. The van der Waals surface area contributed by atoms with Gasteiger partial charge in [-0.05, 0) is 20.8 Å². The molecule has 3 heteroatoms. The molecule has 1 aliphatic rings. The van der Waals surface area contributed by atoms with Crippen LogP contribution in [-0.4, -0.2) is 42.5 Å². The SMILES string of the molecule is C=C/C=C(\C=C/C)C(=O)C(C)(C)N1CCOCC1. The molecular weight excluding hydrogens is 226 g/mol. The third-order valence-electron chi connectivity index (χ3n) is 3.26. The van der Waals surface area contributed by atoms with E-state index in [1.165, 1.54) is 0 Å². The van der Waals surface area contributed by atoms with Gasteiger partial charge in [-0.1, -0.05) is 30.9 Å². The van der Waals surface area contributed by atoms with E-state index in [1.807, 2.05) is 32.9 Å². The van der Waals surface area contributed by atoms with Gasteiger partial charge in [-0.2, -0.15) is 0 Å². The summed E-state index contributed by atoms with van der Waals surface area (Å²) >= 11 is 0. The fourth-order valence-electron chi connectivity index (χ4n) is 2.13. The van der Waals surface area contributed by atoms with Crippen LogP contribution in [0.1, 0.15) is 20.8 Å². The van der Waals surface area contributed by atoms with E-state index in [1.54, 1.807) is 12.2 Å². The smallest absolute Gasteiger partial charge is 0.182 e. The summed E-state index contributed by atoms with van der Waals surface area (Å²) in [6, 6.07) is 0. The van der Waals surface area contributed by atoms with E-state index in [9.17, 15) is 4.79 Å². The summed E-state index contributed by atoms with van der Waals surface area (Å²) in [5.74, 6) is 0.127. The highest BCUT2D eigenvalue weighted by Gasteiger charge is 2.36. The van der Waals surface area contributed by atoms with Crippen molar-refractivity contribution in [1.82, 2.24) is 4.90 Å². The molecular formula is C15H23NO2. The van der Waals surface area contributed by atoms with Gasteiger partial charge in [-0.15, -0.1) is 0 Å². The van der Waals surface area contributed by atoms with Crippen molar-refractivity contribution in [3.05, 3.63) is 36.5 Å². The van der Waals surface area contributed by atoms with Crippen molar-refractivity contribution in [2.24, 2.45) is 0 Å². The lowest BCUT2D eigenvalue weighted by atomic mass is 9.90. The van der Waals surface area contributed by atoms with Crippen LogP contribution in [0.15, 0.2) is 36.5 Å². The Bertz CT molecular complexity index is 361. The highest BCUT2D eigenvalue weighted by atomic mass is 16.5. The van der Waals surface area contributed by atoms with Gasteiger partial charge in [0.25, 0.3) is 0 Å². The molecule has 0 spiro atoms. The van der Waals surface area contributed by atoms with E-state index < -0.39 is 5.54 Å². The minimum absolute atomic E-state index is 0.127. The molecule has 0 aromatic rings. The summed E-state index contributed by atoms with van der Waals surface area (Å²) in [6.45, 7) is 12.5. The van der Waals surface area contributed by atoms with E-state index >= 15 is 0 Å². The molecule has 0 atom stereocenters. The number of nitrogens with zero attached hydrogens (tertiary/aromatic N) is 1. The van der Waals surface area contributed by atoms with Crippen LogP contribution in [0.3, 0.4) is 0 Å². The summed E-state index contributed by atoms with van der Waals surface area (Å²) in [4.78, 5) is 14.8. The molecule has 0 amide bonds. The van der Waals surface area contributed by atoms with E-state index in [2.05, 4.69) is 11.5 Å². The Hall–Kier alpha value is -1.19. The zero-order chi connectivity index (χ0) is 13.6. The number of carbonyl (C=O) groups excluding carboxylic acids is 1. The maximum atomic E-state index is 12.6. The van der Waals surface area contributed by atoms with E-state index in [0.29, 0.717) is 18.8 Å². The predicted octanol–water partition coefficient (Wildman–Crippen LogP) is 2.35. The maximum absolute atomic E-state index is 12.6. The molecule has 100 valence electrons. The zero-order valence-corrected chi connectivity index (χ0v) is 11.6. The molecule has 1 aliphatic heterocycles. The molecule has 1 saturated heterocycles. The first-order valence-electron chi connectivity index (χ1n) is 6.37. The molecule has 0 bridgehead atoms. The van der Waals surface area contributed by atoms with Crippen molar-refractivity contribution in [3.8, 4) is 0 Å². The third-order valence-corrected chi connectivity index (χ3v) is 3.26. The van der Waals surface area contributed by atoms with Crippen LogP contribution in [0.5, 0.6) is 0 Å². The second-order valence-corrected chi connectivity index (χ2v) is 4.85. The first-order valence-corrected chi connectivity index (χ1v) is 6.37. The maximum Gasteiger partial charge on any atom is 0.182 e. The summed E-state index contributed by atoms with van der Waals surface area (Å²) in [5, 5.41) is 0. The molecule has 1 heterocycles. The predicted molar refractivity (Wildman–Crippen MR) is 74.6 cm³/mol. The number of ether oxygens (including phenoxy) is 1. The van der Waals surface area contributed by atoms with Gasteiger partial charge in [0.15, 0.2) is 5.78 Å². The van der Waals surface area contributed by atoms with Gasteiger partial charge in [0.2, 0.25) is 0 Å². The van der Waals surface area contributed by atoms with Crippen molar-refractivity contribution >= 4 is 5.78 Å². The monoisotopic (exact) mass is 249 g/mol.